The molecule has 0 bridgehead atoms. The summed E-state index contributed by atoms with van der Waals surface area (Å²) in [4.78, 5) is 4.15. The summed E-state index contributed by atoms with van der Waals surface area (Å²) in [6.07, 6.45) is 3.53. The van der Waals surface area contributed by atoms with Crippen LogP contribution < -0.4 is 10.1 Å². The lowest BCUT2D eigenvalue weighted by Crippen LogP contribution is -2.14. The van der Waals surface area contributed by atoms with Crippen LogP contribution in [0.2, 0.25) is 0 Å². The van der Waals surface area contributed by atoms with Crippen LogP contribution in [-0.4, -0.2) is 16.1 Å². The van der Waals surface area contributed by atoms with Crippen LogP contribution >= 0.6 is 0 Å². The highest BCUT2D eigenvalue weighted by atomic mass is 19.1. The van der Waals surface area contributed by atoms with Crippen molar-refractivity contribution in [1.29, 1.82) is 0 Å². The molecule has 2 aromatic rings. The first-order valence-corrected chi connectivity index (χ1v) is 6.29. The number of nitrogens with zero attached hydrogens (tertiary/aromatic N) is 2. The minimum Gasteiger partial charge on any atom is -0.482 e. The van der Waals surface area contributed by atoms with Gasteiger partial charge in [0, 0.05) is 31.5 Å². The summed E-state index contributed by atoms with van der Waals surface area (Å²) < 4.78 is 21.3. The van der Waals surface area contributed by atoms with Crippen LogP contribution in [0, 0.1) is 5.82 Å². The Morgan fingerprint density at radius 2 is 2.26 bits per heavy atom. The fraction of sp³-hybridized carbons (Fsp3) is 0.357. The van der Waals surface area contributed by atoms with Gasteiger partial charge in [0.15, 0.2) is 11.6 Å². The van der Waals surface area contributed by atoms with Gasteiger partial charge in [0.2, 0.25) is 0 Å². The molecule has 0 aliphatic heterocycles. The molecule has 2 rings (SSSR count). The van der Waals surface area contributed by atoms with Crippen molar-refractivity contribution in [3.63, 3.8) is 0 Å². The zero-order chi connectivity index (χ0) is 13.7. The molecule has 1 aromatic carbocycles. The van der Waals surface area contributed by atoms with Crippen molar-refractivity contribution < 1.29 is 9.13 Å². The van der Waals surface area contributed by atoms with E-state index in [-0.39, 0.29) is 12.4 Å². The van der Waals surface area contributed by atoms with Crippen molar-refractivity contribution in [2.45, 2.75) is 20.1 Å². The highest BCUT2D eigenvalue weighted by Crippen LogP contribution is 2.23. The van der Waals surface area contributed by atoms with Gasteiger partial charge in [0.1, 0.15) is 12.4 Å². The third kappa shape index (κ3) is 3.32. The molecule has 0 radical (unpaired) electrons. The minimum atomic E-state index is -0.343. The van der Waals surface area contributed by atoms with Crippen LogP contribution in [0.3, 0.4) is 0 Å². The van der Waals surface area contributed by atoms with Gasteiger partial charge < -0.3 is 14.6 Å². The van der Waals surface area contributed by atoms with Gasteiger partial charge in [-0.15, -0.1) is 0 Å². The molecule has 0 atom stereocenters. The van der Waals surface area contributed by atoms with E-state index in [0.717, 1.165) is 17.9 Å². The van der Waals surface area contributed by atoms with E-state index in [9.17, 15) is 4.39 Å². The number of rotatable bonds is 6. The maximum Gasteiger partial charge on any atom is 0.165 e. The van der Waals surface area contributed by atoms with Crippen LogP contribution in [0.25, 0.3) is 0 Å². The lowest BCUT2D eigenvalue weighted by molar-refractivity contribution is 0.273. The number of aromatic nitrogens is 2. The van der Waals surface area contributed by atoms with Crippen molar-refractivity contribution in [3.8, 4) is 5.75 Å². The molecule has 0 amide bonds. The van der Waals surface area contributed by atoms with Gasteiger partial charge in [0.05, 0.1) is 0 Å². The number of halogens is 1. The average Bonchev–Trinajstić information content (AvgIpc) is 2.81. The van der Waals surface area contributed by atoms with Crippen LogP contribution in [0.1, 0.15) is 18.3 Å². The number of nitrogens with one attached hydrogen (secondary N) is 1. The first kappa shape index (κ1) is 13.5. The second-order valence-electron chi connectivity index (χ2n) is 4.25. The van der Waals surface area contributed by atoms with Gasteiger partial charge in [-0.05, 0) is 12.6 Å². The summed E-state index contributed by atoms with van der Waals surface area (Å²) >= 11 is 0. The number of para-hydroxylation sites is 1. The summed E-state index contributed by atoms with van der Waals surface area (Å²) in [6, 6.07) is 4.96. The number of hydrogen-bond donors (Lipinski definition) is 1. The van der Waals surface area contributed by atoms with E-state index in [0.29, 0.717) is 12.3 Å². The Labute approximate surface area is 112 Å². The Morgan fingerprint density at radius 3 is 2.95 bits per heavy atom. The number of imidazole rings is 1. The average molecular weight is 263 g/mol. The van der Waals surface area contributed by atoms with Gasteiger partial charge >= 0.3 is 0 Å². The molecule has 0 spiro atoms. The van der Waals surface area contributed by atoms with Gasteiger partial charge in [-0.1, -0.05) is 19.1 Å². The largest absolute Gasteiger partial charge is 0.482 e. The molecule has 0 fully saturated rings. The SMILES string of the molecule is CCNCc1cccc(F)c1OCc1nccn1C. The smallest absolute Gasteiger partial charge is 0.165 e. The molecule has 1 N–H and O–H groups in total. The van der Waals surface area contributed by atoms with Crippen LogP contribution in [-0.2, 0) is 20.2 Å². The molecule has 19 heavy (non-hydrogen) atoms. The Bertz CT molecular complexity index is 539. The molecular formula is C14H18FN3O. The molecule has 0 aliphatic carbocycles. The fourth-order valence-electron chi connectivity index (χ4n) is 1.79. The van der Waals surface area contributed by atoms with Crippen LogP contribution in [0.15, 0.2) is 30.6 Å². The topological polar surface area (TPSA) is 39.1 Å². The number of hydrogen-bond acceptors (Lipinski definition) is 3. The van der Waals surface area contributed by atoms with Crippen molar-refractivity contribution in [2.24, 2.45) is 7.05 Å². The van der Waals surface area contributed by atoms with E-state index < -0.39 is 0 Å². The standard InChI is InChI=1S/C14H18FN3O/c1-3-16-9-11-5-4-6-12(15)14(11)19-10-13-17-7-8-18(13)2/h4-8,16H,3,9-10H2,1-2H3. The second kappa shape index (κ2) is 6.33. The second-order valence-corrected chi connectivity index (χ2v) is 4.25. The van der Waals surface area contributed by atoms with Crippen molar-refractivity contribution in [3.05, 3.63) is 47.8 Å². The maximum atomic E-state index is 13.8. The van der Waals surface area contributed by atoms with Crippen molar-refractivity contribution in [1.82, 2.24) is 14.9 Å². The first-order valence-electron chi connectivity index (χ1n) is 6.29. The number of ether oxygens (including phenoxy) is 1. The zero-order valence-corrected chi connectivity index (χ0v) is 11.2. The number of aryl methyl sites for hydroxylation is 1. The molecule has 0 unspecified atom stereocenters. The minimum absolute atomic E-state index is 0.254. The van der Waals surface area contributed by atoms with E-state index in [1.165, 1.54) is 6.07 Å². The van der Waals surface area contributed by atoms with E-state index in [2.05, 4.69) is 10.3 Å². The normalized spacial score (nSPS) is 10.7. The molecular weight excluding hydrogens is 245 g/mol. The quantitative estimate of drug-likeness (QED) is 0.868. The highest BCUT2D eigenvalue weighted by molar-refractivity contribution is 5.35. The van der Waals surface area contributed by atoms with Crippen molar-refractivity contribution >= 4 is 0 Å². The Balaban J connectivity index is 2.12. The lowest BCUT2D eigenvalue weighted by atomic mass is 10.2. The molecule has 4 nitrogen and oxygen atoms in total. The van der Waals surface area contributed by atoms with Gasteiger partial charge in [0.25, 0.3) is 0 Å². The van der Waals surface area contributed by atoms with Gasteiger partial charge in [-0.3, -0.25) is 0 Å². The Kier molecular flexibility index (Phi) is 4.52. The fourth-order valence-corrected chi connectivity index (χ4v) is 1.79. The van der Waals surface area contributed by atoms with E-state index in [1.54, 1.807) is 12.3 Å². The van der Waals surface area contributed by atoms with E-state index in [4.69, 9.17) is 4.74 Å². The Morgan fingerprint density at radius 1 is 1.42 bits per heavy atom. The monoisotopic (exact) mass is 263 g/mol. The summed E-state index contributed by atoms with van der Waals surface area (Å²) in [5, 5.41) is 3.17. The molecule has 0 saturated heterocycles. The summed E-state index contributed by atoms with van der Waals surface area (Å²) in [6.45, 7) is 3.68. The molecule has 102 valence electrons. The summed E-state index contributed by atoms with van der Waals surface area (Å²) in [5.74, 6) is 0.716. The van der Waals surface area contributed by atoms with Crippen molar-refractivity contribution in [2.75, 3.05) is 6.54 Å². The molecule has 5 heteroatoms. The van der Waals surface area contributed by atoms with Gasteiger partial charge in [-0.2, -0.15) is 0 Å². The molecule has 0 saturated carbocycles. The highest BCUT2D eigenvalue weighted by Gasteiger charge is 2.10. The van der Waals surface area contributed by atoms with Crippen LogP contribution in [0.4, 0.5) is 4.39 Å². The molecule has 1 heterocycles. The molecule has 1 aromatic heterocycles. The third-order valence-electron chi connectivity index (χ3n) is 2.88. The third-order valence-corrected chi connectivity index (χ3v) is 2.88. The predicted octanol–water partition coefficient (Wildman–Crippen LogP) is 2.25. The van der Waals surface area contributed by atoms with Gasteiger partial charge in [-0.25, -0.2) is 9.37 Å². The predicted molar refractivity (Wildman–Crippen MR) is 71.3 cm³/mol. The lowest BCUT2D eigenvalue weighted by Gasteiger charge is -2.12. The summed E-state index contributed by atoms with van der Waals surface area (Å²) in [7, 11) is 1.88. The first-order chi connectivity index (χ1) is 9.22. The van der Waals surface area contributed by atoms with E-state index >= 15 is 0 Å². The van der Waals surface area contributed by atoms with E-state index in [1.807, 2.05) is 30.8 Å². The molecule has 0 aliphatic rings. The summed E-state index contributed by atoms with van der Waals surface area (Å²) in [5.41, 5.74) is 0.816. The Hall–Kier alpha value is -1.88. The zero-order valence-electron chi connectivity index (χ0n) is 11.2. The van der Waals surface area contributed by atoms with Crippen LogP contribution in [0.5, 0.6) is 5.75 Å². The maximum absolute atomic E-state index is 13.8. The number of benzene rings is 1.